The van der Waals surface area contributed by atoms with Crippen molar-refractivity contribution in [3.63, 3.8) is 0 Å². The van der Waals surface area contributed by atoms with Crippen molar-refractivity contribution in [3.05, 3.63) is 66.0 Å². The van der Waals surface area contributed by atoms with Crippen LogP contribution in [0.4, 0.5) is 0 Å². The van der Waals surface area contributed by atoms with Crippen LogP contribution in [0.2, 0.25) is 0 Å². The molecule has 6 nitrogen and oxygen atoms in total. The van der Waals surface area contributed by atoms with E-state index in [9.17, 15) is 4.79 Å². The number of rotatable bonds is 6. The minimum atomic E-state index is -0.182. The molecule has 0 spiro atoms. The molecule has 142 valence electrons. The molecule has 0 radical (unpaired) electrons. The van der Waals surface area contributed by atoms with E-state index in [1.54, 1.807) is 30.1 Å². The predicted octanol–water partition coefficient (Wildman–Crippen LogP) is 3.51. The van der Waals surface area contributed by atoms with Crippen LogP contribution in [0.3, 0.4) is 0 Å². The third-order valence-electron chi connectivity index (χ3n) is 4.58. The van der Waals surface area contributed by atoms with Gasteiger partial charge in [-0.1, -0.05) is 18.7 Å². The largest absolute Gasteiger partial charge is 0.497 e. The Kier molecular flexibility index (Phi) is 4.92. The van der Waals surface area contributed by atoms with E-state index in [4.69, 9.17) is 4.74 Å². The lowest BCUT2D eigenvalue weighted by Gasteiger charge is -2.05. The molecule has 2 aromatic heterocycles. The first-order valence-corrected chi connectivity index (χ1v) is 9.38. The lowest BCUT2D eigenvalue weighted by molar-refractivity contribution is -0.116. The summed E-state index contributed by atoms with van der Waals surface area (Å²) in [5.41, 5.74) is 4.01. The van der Waals surface area contributed by atoms with E-state index >= 15 is 0 Å². The highest BCUT2D eigenvalue weighted by atomic mass is 32.1. The maximum atomic E-state index is 12.1. The molecule has 28 heavy (non-hydrogen) atoms. The Morgan fingerprint density at radius 3 is 2.71 bits per heavy atom. The Labute approximate surface area is 168 Å². The van der Waals surface area contributed by atoms with Gasteiger partial charge in [-0.2, -0.15) is 5.10 Å². The van der Waals surface area contributed by atoms with Crippen molar-refractivity contribution < 1.29 is 9.53 Å². The van der Waals surface area contributed by atoms with E-state index in [0.29, 0.717) is 16.1 Å². The maximum absolute atomic E-state index is 12.1. The van der Waals surface area contributed by atoms with Crippen molar-refractivity contribution in [1.82, 2.24) is 19.9 Å². The zero-order chi connectivity index (χ0) is 19.7. The number of aromatic nitrogens is 3. The summed E-state index contributed by atoms with van der Waals surface area (Å²) in [6.07, 6.45) is 9.10. The second kappa shape index (κ2) is 7.52. The van der Waals surface area contributed by atoms with Gasteiger partial charge in [-0.05, 0) is 42.2 Å². The number of hydrogen-bond acceptors (Lipinski definition) is 5. The first kappa shape index (κ1) is 18.3. The number of thiol groups is 1. The van der Waals surface area contributed by atoms with Crippen molar-refractivity contribution in [2.45, 2.75) is 18.9 Å². The average Bonchev–Trinajstić information content (AvgIpc) is 3.42. The highest BCUT2D eigenvalue weighted by Gasteiger charge is 2.24. The summed E-state index contributed by atoms with van der Waals surface area (Å²) in [5, 5.41) is 7.29. The Morgan fingerprint density at radius 1 is 1.29 bits per heavy atom. The SMILES string of the molecule is C=C(/C=C(\S)C(=O)NC1CC1)c1cnn2cc(-c3ccc(OC)cc3)cnc12. The van der Waals surface area contributed by atoms with E-state index in [2.05, 4.69) is 34.6 Å². The van der Waals surface area contributed by atoms with Crippen molar-refractivity contribution in [3.8, 4) is 16.9 Å². The fourth-order valence-electron chi connectivity index (χ4n) is 2.83. The molecule has 0 unspecified atom stereocenters. The Bertz CT molecular complexity index is 1080. The van der Waals surface area contributed by atoms with Crippen molar-refractivity contribution in [1.29, 1.82) is 0 Å². The number of carbonyl (C=O) groups is 1. The molecule has 0 atom stereocenters. The second-order valence-electron chi connectivity index (χ2n) is 6.70. The predicted molar refractivity (Wildman–Crippen MR) is 112 cm³/mol. The maximum Gasteiger partial charge on any atom is 0.257 e. The first-order valence-electron chi connectivity index (χ1n) is 8.94. The molecule has 0 bridgehead atoms. The zero-order valence-electron chi connectivity index (χ0n) is 15.4. The third-order valence-corrected chi connectivity index (χ3v) is 4.91. The Morgan fingerprint density at radius 2 is 2.04 bits per heavy atom. The molecular formula is C21H20N4O2S. The van der Waals surface area contributed by atoms with Crippen molar-refractivity contribution in [2.24, 2.45) is 0 Å². The highest BCUT2D eigenvalue weighted by Crippen LogP contribution is 2.25. The molecule has 1 N–H and O–H groups in total. The van der Waals surface area contributed by atoms with Crippen LogP contribution in [0.1, 0.15) is 18.4 Å². The summed E-state index contributed by atoms with van der Waals surface area (Å²) in [4.78, 5) is 16.9. The van der Waals surface area contributed by atoms with Crippen LogP contribution < -0.4 is 10.1 Å². The van der Waals surface area contributed by atoms with Crippen LogP contribution in [0.15, 0.2) is 60.4 Å². The van der Waals surface area contributed by atoms with Gasteiger partial charge < -0.3 is 10.1 Å². The molecule has 1 aliphatic carbocycles. The van der Waals surface area contributed by atoms with Crippen LogP contribution in [0.5, 0.6) is 5.75 Å². The van der Waals surface area contributed by atoms with Crippen LogP contribution in [0, 0.1) is 0 Å². The number of carbonyl (C=O) groups excluding carboxylic acids is 1. The van der Waals surface area contributed by atoms with Crippen LogP contribution in [-0.2, 0) is 4.79 Å². The smallest absolute Gasteiger partial charge is 0.257 e. The van der Waals surface area contributed by atoms with Crippen molar-refractivity contribution >= 4 is 29.8 Å². The first-order chi connectivity index (χ1) is 13.5. The van der Waals surface area contributed by atoms with Crippen LogP contribution in [-0.4, -0.2) is 33.7 Å². The number of ether oxygens (including phenoxy) is 1. The number of nitrogens with zero attached hydrogens (tertiary/aromatic N) is 3. The minimum Gasteiger partial charge on any atom is -0.497 e. The van der Waals surface area contributed by atoms with Crippen LogP contribution in [0.25, 0.3) is 22.3 Å². The van der Waals surface area contributed by atoms with E-state index in [1.165, 1.54) is 0 Å². The fourth-order valence-corrected chi connectivity index (χ4v) is 3.05. The van der Waals surface area contributed by atoms with E-state index in [0.717, 1.165) is 35.3 Å². The van der Waals surface area contributed by atoms with E-state index < -0.39 is 0 Å². The third kappa shape index (κ3) is 3.80. The Balaban J connectivity index is 1.58. The number of fused-ring (bicyclic) bond motifs is 1. The van der Waals surface area contributed by atoms with E-state index in [1.807, 2.05) is 30.5 Å². The molecule has 1 saturated carbocycles. The number of hydrogen-bond donors (Lipinski definition) is 2. The van der Waals surface area contributed by atoms with Gasteiger partial charge in [0.15, 0.2) is 5.65 Å². The number of nitrogens with one attached hydrogen (secondary N) is 1. The molecule has 1 fully saturated rings. The summed E-state index contributed by atoms with van der Waals surface area (Å²) in [6, 6.07) is 8.04. The molecule has 0 aliphatic heterocycles. The fraction of sp³-hybridized carbons (Fsp3) is 0.190. The average molecular weight is 392 g/mol. The monoisotopic (exact) mass is 392 g/mol. The van der Waals surface area contributed by atoms with Gasteiger partial charge in [0.2, 0.25) is 0 Å². The second-order valence-corrected chi connectivity index (χ2v) is 7.18. The normalized spacial score (nSPS) is 14.1. The molecule has 1 amide bonds. The molecule has 3 aromatic rings. The number of benzene rings is 1. The van der Waals surface area contributed by atoms with Crippen LogP contribution >= 0.6 is 12.6 Å². The van der Waals surface area contributed by atoms with Gasteiger partial charge in [0, 0.05) is 29.6 Å². The molecule has 0 saturated heterocycles. The minimum absolute atomic E-state index is 0.182. The quantitative estimate of drug-likeness (QED) is 0.383. The van der Waals surface area contributed by atoms with Gasteiger partial charge in [0.25, 0.3) is 5.91 Å². The molecule has 1 aliphatic rings. The highest BCUT2D eigenvalue weighted by molar-refractivity contribution is 7.85. The summed E-state index contributed by atoms with van der Waals surface area (Å²) in [5.74, 6) is 0.619. The van der Waals surface area contributed by atoms with Gasteiger partial charge in [0.1, 0.15) is 5.75 Å². The van der Waals surface area contributed by atoms with Gasteiger partial charge in [0.05, 0.1) is 18.2 Å². The summed E-state index contributed by atoms with van der Waals surface area (Å²) >= 11 is 4.30. The Hall–Kier alpha value is -3.06. The van der Waals surface area contributed by atoms with Gasteiger partial charge in [-0.3, -0.25) is 4.79 Å². The number of methoxy groups -OCH3 is 1. The molecule has 7 heteroatoms. The summed E-state index contributed by atoms with van der Waals surface area (Å²) < 4.78 is 6.90. The molecule has 4 rings (SSSR count). The van der Waals surface area contributed by atoms with Gasteiger partial charge in [-0.15, -0.1) is 12.6 Å². The van der Waals surface area contributed by atoms with E-state index in [-0.39, 0.29) is 11.9 Å². The lowest BCUT2D eigenvalue weighted by atomic mass is 10.1. The summed E-state index contributed by atoms with van der Waals surface area (Å²) in [6.45, 7) is 4.05. The number of allylic oxidation sites excluding steroid dienone is 2. The molecular weight excluding hydrogens is 372 g/mol. The van der Waals surface area contributed by atoms with Gasteiger partial charge >= 0.3 is 0 Å². The standard InChI is InChI=1S/C21H20N4O2S/c1-13(9-19(28)21(26)24-16-5-6-16)18-11-23-25-12-15(10-22-20(18)25)14-3-7-17(27-2)8-4-14/h3-4,7-12,16,28H,1,5-6H2,2H3,(H,24,26)/b19-9-. The van der Waals surface area contributed by atoms with Gasteiger partial charge in [-0.25, -0.2) is 9.50 Å². The zero-order valence-corrected chi connectivity index (χ0v) is 16.3. The molecule has 1 aromatic carbocycles. The summed E-state index contributed by atoms with van der Waals surface area (Å²) in [7, 11) is 1.64. The number of amides is 1. The lowest BCUT2D eigenvalue weighted by Crippen LogP contribution is -2.25. The molecule has 2 heterocycles. The topological polar surface area (TPSA) is 68.5 Å². The van der Waals surface area contributed by atoms with Crippen molar-refractivity contribution in [2.75, 3.05) is 7.11 Å².